The summed E-state index contributed by atoms with van der Waals surface area (Å²) in [6.45, 7) is 8.43. The van der Waals surface area contributed by atoms with Crippen LogP contribution in [0.1, 0.15) is 40.5 Å². The van der Waals surface area contributed by atoms with Gasteiger partial charge >= 0.3 is 0 Å². The van der Waals surface area contributed by atoms with Gasteiger partial charge in [-0.2, -0.15) is 0 Å². The van der Waals surface area contributed by atoms with Gasteiger partial charge < -0.3 is 0 Å². The van der Waals surface area contributed by atoms with Gasteiger partial charge in [-0.15, -0.1) is 11.6 Å². The second-order valence-electron chi connectivity index (χ2n) is 3.66. The van der Waals surface area contributed by atoms with Gasteiger partial charge in [-0.1, -0.05) is 22.9 Å². The van der Waals surface area contributed by atoms with Crippen LogP contribution in [0.15, 0.2) is 0 Å². The van der Waals surface area contributed by atoms with Crippen molar-refractivity contribution in [3.63, 3.8) is 0 Å². The molecule has 0 aromatic heterocycles. The van der Waals surface area contributed by atoms with E-state index in [1.807, 2.05) is 13.8 Å². The summed E-state index contributed by atoms with van der Waals surface area (Å²) in [6, 6.07) is 0. The Balaban J connectivity index is 3.89. The van der Waals surface area contributed by atoms with Crippen molar-refractivity contribution in [2.75, 3.05) is 0 Å². The molecule has 0 aliphatic carbocycles. The van der Waals surface area contributed by atoms with E-state index in [9.17, 15) is 0 Å². The van der Waals surface area contributed by atoms with Gasteiger partial charge in [0.1, 0.15) is 0 Å². The fourth-order valence-electron chi connectivity index (χ4n) is 1.00. The lowest BCUT2D eigenvalue weighted by Gasteiger charge is -2.27. The highest BCUT2D eigenvalue weighted by atomic mass is 79.9. The van der Waals surface area contributed by atoms with Crippen LogP contribution in [0.5, 0.6) is 0 Å². The Bertz CT molecular complexity index is 102. The van der Waals surface area contributed by atoms with Crippen LogP contribution in [0, 0.1) is 0 Å². The summed E-state index contributed by atoms with van der Waals surface area (Å²) < 4.78 is 0.207. The summed E-state index contributed by atoms with van der Waals surface area (Å²) in [6.07, 6.45) is 2.11. The van der Waals surface area contributed by atoms with E-state index in [2.05, 4.69) is 29.8 Å². The van der Waals surface area contributed by atoms with Crippen LogP contribution in [0.2, 0.25) is 0 Å². The molecule has 1 unspecified atom stereocenters. The highest BCUT2D eigenvalue weighted by Gasteiger charge is 2.26. The molecule has 0 radical (unpaired) electrons. The molecule has 0 aromatic rings. The first-order valence-electron chi connectivity index (χ1n) is 3.65. The van der Waals surface area contributed by atoms with Crippen LogP contribution in [0.25, 0.3) is 0 Å². The van der Waals surface area contributed by atoms with Crippen molar-refractivity contribution in [1.29, 1.82) is 0 Å². The summed E-state index contributed by atoms with van der Waals surface area (Å²) >= 11 is 9.70. The molecular weight excluding hydrogens is 211 g/mol. The van der Waals surface area contributed by atoms with Gasteiger partial charge in [0.15, 0.2) is 0 Å². The first-order valence-corrected chi connectivity index (χ1v) is 4.82. The lowest BCUT2D eigenvalue weighted by atomic mass is 9.96. The van der Waals surface area contributed by atoms with E-state index >= 15 is 0 Å². The fourth-order valence-corrected chi connectivity index (χ4v) is 2.16. The first kappa shape index (κ1) is 10.8. The predicted molar refractivity (Wildman–Crippen MR) is 52.2 cm³/mol. The zero-order valence-corrected chi connectivity index (χ0v) is 9.51. The van der Waals surface area contributed by atoms with Crippen LogP contribution in [0.4, 0.5) is 0 Å². The molecule has 0 amide bonds. The summed E-state index contributed by atoms with van der Waals surface area (Å²) in [5.41, 5.74) is 0. The van der Waals surface area contributed by atoms with E-state index in [4.69, 9.17) is 11.6 Å². The number of hydrogen-bond donors (Lipinski definition) is 0. The van der Waals surface area contributed by atoms with Crippen molar-refractivity contribution in [3.8, 4) is 0 Å². The third kappa shape index (κ3) is 5.55. The smallest absolute Gasteiger partial charge is 0.0403 e. The summed E-state index contributed by atoms with van der Waals surface area (Å²) in [5.74, 6) is 0. The predicted octanol–water partition coefficient (Wildman–Crippen LogP) is 3.96. The number of rotatable bonds is 3. The second kappa shape index (κ2) is 3.44. The standard InChI is InChI=1S/C8H16BrCl/c1-5-8(4,9)6-7(2,3)10/h5-6H2,1-4H3. The molecule has 0 fully saturated rings. The quantitative estimate of drug-likeness (QED) is 0.640. The molecule has 1 atom stereocenters. The molecule has 0 spiro atoms. The van der Waals surface area contributed by atoms with Crippen molar-refractivity contribution < 1.29 is 0 Å². The molecule has 2 heteroatoms. The van der Waals surface area contributed by atoms with Gasteiger partial charge in [-0.05, 0) is 33.6 Å². The molecule has 0 aliphatic rings. The van der Waals surface area contributed by atoms with E-state index in [-0.39, 0.29) is 9.20 Å². The lowest BCUT2D eigenvalue weighted by Crippen LogP contribution is -2.25. The van der Waals surface area contributed by atoms with E-state index in [0.717, 1.165) is 12.8 Å². The molecule has 0 N–H and O–H groups in total. The Kier molecular flexibility index (Phi) is 3.71. The SMILES string of the molecule is CCC(C)(Br)CC(C)(C)Cl. The highest BCUT2D eigenvalue weighted by molar-refractivity contribution is 9.10. The zero-order chi connectivity index (χ0) is 8.41. The minimum atomic E-state index is -0.0890. The average Bonchev–Trinajstić information content (AvgIpc) is 1.60. The summed E-state index contributed by atoms with van der Waals surface area (Å²) in [4.78, 5) is -0.0890. The normalized spacial score (nSPS) is 18.6. The monoisotopic (exact) mass is 226 g/mol. The highest BCUT2D eigenvalue weighted by Crippen LogP contribution is 2.34. The minimum Gasteiger partial charge on any atom is -0.120 e. The third-order valence-corrected chi connectivity index (χ3v) is 2.50. The summed E-state index contributed by atoms with van der Waals surface area (Å²) in [5, 5.41) is 0. The summed E-state index contributed by atoms with van der Waals surface area (Å²) in [7, 11) is 0. The maximum absolute atomic E-state index is 6.07. The Morgan fingerprint density at radius 1 is 1.30 bits per heavy atom. The van der Waals surface area contributed by atoms with Gasteiger partial charge in [0.25, 0.3) is 0 Å². The van der Waals surface area contributed by atoms with Crippen LogP contribution in [-0.4, -0.2) is 9.20 Å². The van der Waals surface area contributed by atoms with Crippen LogP contribution < -0.4 is 0 Å². The maximum Gasteiger partial charge on any atom is 0.0403 e. The zero-order valence-electron chi connectivity index (χ0n) is 7.17. The molecule has 0 aliphatic heterocycles. The Morgan fingerprint density at radius 3 is 1.80 bits per heavy atom. The lowest BCUT2D eigenvalue weighted by molar-refractivity contribution is 0.500. The van der Waals surface area contributed by atoms with Crippen molar-refractivity contribution in [2.24, 2.45) is 0 Å². The third-order valence-electron chi connectivity index (χ3n) is 1.53. The largest absolute Gasteiger partial charge is 0.120 e. The molecule has 10 heavy (non-hydrogen) atoms. The van der Waals surface area contributed by atoms with Gasteiger partial charge in [-0.3, -0.25) is 0 Å². The number of halogens is 2. The van der Waals surface area contributed by atoms with Crippen molar-refractivity contribution in [1.82, 2.24) is 0 Å². The fraction of sp³-hybridized carbons (Fsp3) is 1.00. The van der Waals surface area contributed by atoms with Crippen molar-refractivity contribution in [3.05, 3.63) is 0 Å². The minimum absolute atomic E-state index is 0.0890. The molecule has 0 saturated carbocycles. The van der Waals surface area contributed by atoms with E-state index < -0.39 is 0 Å². The molecule has 0 bridgehead atoms. The molecule has 0 rings (SSSR count). The van der Waals surface area contributed by atoms with E-state index in [1.54, 1.807) is 0 Å². The molecule has 0 heterocycles. The Labute approximate surface area is 77.5 Å². The molecule has 0 saturated heterocycles. The molecule has 0 aromatic carbocycles. The van der Waals surface area contributed by atoms with Crippen LogP contribution >= 0.6 is 27.5 Å². The number of hydrogen-bond acceptors (Lipinski definition) is 0. The van der Waals surface area contributed by atoms with Gasteiger partial charge in [0.05, 0.1) is 0 Å². The van der Waals surface area contributed by atoms with E-state index in [0.29, 0.717) is 0 Å². The van der Waals surface area contributed by atoms with Crippen molar-refractivity contribution >= 4 is 27.5 Å². The average molecular weight is 228 g/mol. The molecular formula is C8H16BrCl. The number of alkyl halides is 2. The van der Waals surface area contributed by atoms with Gasteiger partial charge in [-0.25, -0.2) is 0 Å². The Morgan fingerprint density at radius 2 is 1.70 bits per heavy atom. The van der Waals surface area contributed by atoms with E-state index in [1.165, 1.54) is 0 Å². The van der Waals surface area contributed by atoms with Crippen LogP contribution in [0.3, 0.4) is 0 Å². The van der Waals surface area contributed by atoms with Gasteiger partial charge in [0, 0.05) is 9.20 Å². The first-order chi connectivity index (χ1) is 4.27. The van der Waals surface area contributed by atoms with Crippen LogP contribution in [-0.2, 0) is 0 Å². The second-order valence-corrected chi connectivity index (χ2v) is 6.60. The van der Waals surface area contributed by atoms with Gasteiger partial charge in [0.2, 0.25) is 0 Å². The van der Waals surface area contributed by atoms with Crippen molar-refractivity contribution in [2.45, 2.75) is 49.7 Å². The molecule has 62 valence electrons. The molecule has 0 nitrogen and oxygen atoms in total. The maximum atomic E-state index is 6.07. The topological polar surface area (TPSA) is 0 Å². The Hall–Kier alpha value is 0.770.